The van der Waals surface area contributed by atoms with Crippen molar-refractivity contribution in [3.05, 3.63) is 90.5 Å². The van der Waals surface area contributed by atoms with Crippen LogP contribution in [0.5, 0.6) is 0 Å². The number of halogens is 5. The molecule has 3 N–H and O–H groups in total. The van der Waals surface area contributed by atoms with E-state index in [4.69, 9.17) is 23.2 Å². The van der Waals surface area contributed by atoms with Crippen molar-refractivity contribution in [1.29, 1.82) is 0 Å². The molecule has 2 heterocycles. The predicted octanol–water partition coefficient (Wildman–Crippen LogP) is 2.97. The second-order valence-corrected chi connectivity index (χ2v) is 7.83. The largest absolute Gasteiger partial charge is 0.425 e. The Bertz CT molecular complexity index is 1420. The molecule has 1 aliphatic heterocycles. The molecular formula is C20H11Cl2F3N4O4. The SMILES string of the molecule is O=C(N[C@]1(C(F)(F)F)C(=O)Nc2c1c(=O)[nH]c(=O)n2-c1ccc(Cl)cc1)c1cccc(Cl)c1. The Balaban J connectivity index is 1.97. The molecule has 0 unspecified atom stereocenters. The number of anilines is 1. The van der Waals surface area contributed by atoms with E-state index in [1.54, 1.807) is 10.3 Å². The summed E-state index contributed by atoms with van der Waals surface area (Å²) < 4.78 is 43.9. The van der Waals surface area contributed by atoms with Crippen LogP contribution in [0.25, 0.3) is 5.69 Å². The van der Waals surface area contributed by atoms with Crippen LogP contribution in [0.4, 0.5) is 19.0 Å². The number of nitrogens with zero attached hydrogens (tertiary/aromatic N) is 1. The second kappa shape index (κ2) is 7.78. The van der Waals surface area contributed by atoms with Gasteiger partial charge in [0, 0.05) is 15.6 Å². The van der Waals surface area contributed by atoms with Gasteiger partial charge in [-0.1, -0.05) is 29.3 Å². The fraction of sp³-hybridized carbons (Fsp3) is 0.100. The third-order valence-corrected chi connectivity index (χ3v) is 5.44. The lowest BCUT2D eigenvalue weighted by Crippen LogP contribution is -2.62. The van der Waals surface area contributed by atoms with Crippen molar-refractivity contribution in [3.63, 3.8) is 0 Å². The third-order valence-electron chi connectivity index (χ3n) is 4.96. The van der Waals surface area contributed by atoms with Crippen molar-refractivity contribution in [2.24, 2.45) is 0 Å². The summed E-state index contributed by atoms with van der Waals surface area (Å²) in [4.78, 5) is 52.3. The zero-order chi connectivity index (χ0) is 24.1. The summed E-state index contributed by atoms with van der Waals surface area (Å²) in [6.45, 7) is 0. The maximum Gasteiger partial charge on any atom is 0.425 e. The molecule has 13 heteroatoms. The molecule has 1 aliphatic rings. The zero-order valence-corrected chi connectivity index (χ0v) is 17.6. The van der Waals surface area contributed by atoms with Gasteiger partial charge >= 0.3 is 11.9 Å². The molecule has 0 saturated heterocycles. The van der Waals surface area contributed by atoms with Crippen molar-refractivity contribution in [2.75, 3.05) is 5.32 Å². The molecule has 33 heavy (non-hydrogen) atoms. The maximum absolute atomic E-state index is 14.4. The number of carbonyl (C=O) groups excluding carboxylic acids is 2. The number of hydrogen-bond acceptors (Lipinski definition) is 4. The van der Waals surface area contributed by atoms with Gasteiger partial charge < -0.3 is 10.6 Å². The first-order chi connectivity index (χ1) is 15.5. The monoisotopic (exact) mass is 498 g/mol. The maximum atomic E-state index is 14.4. The van der Waals surface area contributed by atoms with Crippen LogP contribution in [0.15, 0.2) is 58.1 Å². The lowest BCUT2D eigenvalue weighted by molar-refractivity contribution is -0.196. The molecule has 0 aliphatic carbocycles. The number of aromatic amines is 1. The number of H-pyrrole nitrogens is 1. The number of rotatable bonds is 3. The molecule has 170 valence electrons. The van der Waals surface area contributed by atoms with E-state index < -0.39 is 46.2 Å². The highest BCUT2D eigenvalue weighted by Gasteiger charge is 2.68. The first-order valence-corrected chi connectivity index (χ1v) is 9.83. The molecule has 1 atom stereocenters. The minimum Gasteiger partial charge on any atom is -0.326 e. The topological polar surface area (TPSA) is 113 Å². The number of carbonyl (C=O) groups is 2. The smallest absolute Gasteiger partial charge is 0.326 e. The molecule has 4 rings (SSSR count). The van der Waals surface area contributed by atoms with Crippen LogP contribution in [-0.4, -0.2) is 27.5 Å². The summed E-state index contributed by atoms with van der Waals surface area (Å²) in [5.41, 5.74) is -7.85. The van der Waals surface area contributed by atoms with Crippen molar-refractivity contribution >= 4 is 40.8 Å². The Hall–Kier alpha value is -3.57. The Kier molecular flexibility index (Phi) is 5.33. The molecule has 8 nitrogen and oxygen atoms in total. The molecule has 0 radical (unpaired) electrons. The van der Waals surface area contributed by atoms with Crippen molar-refractivity contribution in [2.45, 2.75) is 11.7 Å². The first kappa shape index (κ1) is 22.6. The van der Waals surface area contributed by atoms with E-state index in [0.29, 0.717) is 4.57 Å². The van der Waals surface area contributed by atoms with Gasteiger partial charge in [0.25, 0.3) is 22.9 Å². The fourth-order valence-corrected chi connectivity index (χ4v) is 3.80. The van der Waals surface area contributed by atoms with Crippen LogP contribution in [-0.2, 0) is 10.3 Å². The summed E-state index contributed by atoms with van der Waals surface area (Å²) in [6, 6.07) is 10.3. The van der Waals surface area contributed by atoms with E-state index in [2.05, 4.69) is 0 Å². The van der Waals surface area contributed by atoms with Gasteiger partial charge in [0.2, 0.25) is 0 Å². The van der Waals surface area contributed by atoms with Crippen molar-refractivity contribution in [1.82, 2.24) is 14.9 Å². The van der Waals surface area contributed by atoms with Gasteiger partial charge in [-0.25, -0.2) is 9.36 Å². The van der Waals surface area contributed by atoms with Crippen LogP contribution >= 0.6 is 23.2 Å². The number of alkyl halides is 3. The molecule has 2 aromatic carbocycles. The third kappa shape index (κ3) is 3.58. The molecule has 3 aromatic rings. The number of benzene rings is 2. The van der Waals surface area contributed by atoms with Crippen LogP contribution < -0.4 is 21.9 Å². The minimum atomic E-state index is -5.47. The molecule has 0 spiro atoms. The van der Waals surface area contributed by atoms with Crippen LogP contribution in [0.1, 0.15) is 15.9 Å². The zero-order valence-electron chi connectivity index (χ0n) is 16.1. The number of nitrogens with one attached hydrogen (secondary N) is 3. The van der Waals surface area contributed by atoms with E-state index in [9.17, 15) is 32.3 Å². The number of fused-ring (bicyclic) bond motifs is 1. The number of hydrogen-bond donors (Lipinski definition) is 3. The van der Waals surface area contributed by atoms with Crippen LogP contribution in [0, 0.1) is 0 Å². The number of aromatic nitrogens is 2. The van der Waals surface area contributed by atoms with Gasteiger partial charge in [-0.05, 0) is 42.5 Å². The van der Waals surface area contributed by atoms with Crippen LogP contribution in [0.3, 0.4) is 0 Å². The molecule has 0 fully saturated rings. The van der Waals surface area contributed by atoms with E-state index in [-0.39, 0.29) is 21.3 Å². The number of amides is 2. The normalized spacial score (nSPS) is 17.4. The summed E-state index contributed by atoms with van der Waals surface area (Å²) in [5.74, 6) is -3.82. The standard InChI is InChI=1S/C20H11Cl2F3N4O4/c21-10-4-6-12(7-5-10)29-14-13(16(31)27-18(29)33)19(17(32)26-14,20(23,24)25)28-15(30)9-2-1-3-11(22)8-9/h1-8H,(H,26,32)(H,28,30)(H,27,31,33)/t19-/m0/s1. The van der Waals surface area contributed by atoms with Gasteiger partial charge in [-0.15, -0.1) is 0 Å². The van der Waals surface area contributed by atoms with Gasteiger partial charge in [0.05, 0.1) is 5.69 Å². The summed E-state index contributed by atoms with van der Waals surface area (Å²) >= 11 is 11.6. The van der Waals surface area contributed by atoms with E-state index in [0.717, 1.165) is 6.07 Å². The van der Waals surface area contributed by atoms with E-state index in [1.807, 2.05) is 5.32 Å². The summed E-state index contributed by atoms with van der Waals surface area (Å²) in [6.07, 6.45) is -5.47. The minimum absolute atomic E-state index is 0.0105. The molecule has 1 aromatic heterocycles. The van der Waals surface area contributed by atoms with Gasteiger partial charge in [0.1, 0.15) is 11.4 Å². The highest BCUT2D eigenvalue weighted by Crippen LogP contribution is 2.45. The Labute approximate surface area is 191 Å². The highest BCUT2D eigenvalue weighted by atomic mass is 35.5. The average Bonchev–Trinajstić information content (AvgIpc) is 3.02. The van der Waals surface area contributed by atoms with E-state index >= 15 is 0 Å². The Morgan fingerprint density at radius 2 is 1.67 bits per heavy atom. The molecule has 2 amide bonds. The Morgan fingerprint density at radius 1 is 1.00 bits per heavy atom. The predicted molar refractivity (Wildman–Crippen MR) is 113 cm³/mol. The lowest BCUT2D eigenvalue weighted by Gasteiger charge is -2.30. The quantitative estimate of drug-likeness (QED) is 0.515. The van der Waals surface area contributed by atoms with Gasteiger partial charge in [0.15, 0.2) is 0 Å². The summed E-state index contributed by atoms with van der Waals surface area (Å²) in [7, 11) is 0. The molecular weight excluding hydrogens is 488 g/mol. The van der Waals surface area contributed by atoms with Crippen molar-refractivity contribution < 1.29 is 22.8 Å². The molecule has 0 saturated carbocycles. The first-order valence-electron chi connectivity index (χ1n) is 9.07. The van der Waals surface area contributed by atoms with Crippen LogP contribution in [0.2, 0.25) is 10.0 Å². The Morgan fingerprint density at radius 3 is 2.27 bits per heavy atom. The average molecular weight is 499 g/mol. The van der Waals surface area contributed by atoms with Crippen molar-refractivity contribution in [3.8, 4) is 5.69 Å². The van der Waals surface area contributed by atoms with E-state index in [1.165, 1.54) is 42.5 Å². The van der Waals surface area contributed by atoms with Gasteiger partial charge in [-0.2, -0.15) is 13.2 Å². The van der Waals surface area contributed by atoms with Gasteiger partial charge in [-0.3, -0.25) is 19.4 Å². The fourth-order valence-electron chi connectivity index (χ4n) is 3.49. The highest BCUT2D eigenvalue weighted by molar-refractivity contribution is 6.31. The second-order valence-electron chi connectivity index (χ2n) is 6.96. The lowest BCUT2D eigenvalue weighted by atomic mass is 9.91. The molecule has 0 bridgehead atoms. The summed E-state index contributed by atoms with van der Waals surface area (Å²) in [5, 5.41) is 3.91.